The van der Waals surface area contributed by atoms with Crippen LogP contribution in [-0.2, 0) is 4.79 Å². The molecule has 2 aromatic carbocycles. The Morgan fingerprint density at radius 3 is 1.92 bits per heavy atom. The second-order valence-corrected chi connectivity index (χ2v) is 6.94. The smallest absolute Gasteiger partial charge is 0.226 e. The molecular weight excluding hydrogens is 310 g/mol. The normalized spacial score (nSPS) is 14.4. The molecule has 1 aliphatic heterocycles. The Morgan fingerprint density at radius 1 is 0.840 bits per heavy atom. The first kappa shape index (κ1) is 17.3. The largest absolute Gasteiger partial charge is 0.372 e. The van der Waals surface area contributed by atoms with Crippen molar-refractivity contribution in [3.63, 3.8) is 0 Å². The Kier molecular flexibility index (Phi) is 5.59. The molecule has 0 bridgehead atoms. The van der Waals surface area contributed by atoms with E-state index in [0.717, 1.165) is 30.2 Å². The molecule has 2 N–H and O–H groups in total. The fourth-order valence-electron chi connectivity index (χ4n) is 3.00. The summed E-state index contributed by atoms with van der Waals surface area (Å²) in [4.78, 5) is 14.2. The molecule has 0 aromatic heterocycles. The summed E-state index contributed by atoms with van der Waals surface area (Å²) in [6.07, 6.45) is 3.93. The number of nitrogens with zero attached hydrogens (tertiary/aromatic N) is 1. The van der Waals surface area contributed by atoms with Gasteiger partial charge in [-0.3, -0.25) is 4.79 Å². The van der Waals surface area contributed by atoms with E-state index in [2.05, 4.69) is 39.8 Å². The molecule has 1 saturated heterocycles. The van der Waals surface area contributed by atoms with Gasteiger partial charge >= 0.3 is 0 Å². The monoisotopic (exact) mass is 337 g/mol. The van der Waals surface area contributed by atoms with E-state index in [4.69, 9.17) is 0 Å². The van der Waals surface area contributed by atoms with Crippen molar-refractivity contribution < 1.29 is 4.79 Å². The minimum absolute atomic E-state index is 0.0174. The molecular formula is C21H27N3O. The Bertz CT molecular complexity index is 686. The highest BCUT2D eigenvalue weighted by molar-refractivity contribution is 5.92. The van der Waals surface area contributed by atoms with Gasteiger partial charge in [-0.05, 0) is 67.8 Å². The van der Waals surface area contributed by atoms with E-state index in [1.54, 1.807) is 0 Å². The zero-order valence-corrected chi connectivity index (χ0v) is 15.1. The number of hydrogen-bond acceptors (Lipinski definition) is 3. The van der Waals surface area contributed by atoms with Crippen LogP contribution in [0.2, 0.25) is 0 Å². The zero-order valence-electron chi connectivity index (χ0n) is 15.1. The van der Waals surface area contributed by atoms with Crippen molar-refractivity contribution in [2.75, 3.05) is 28.6 Å². The lowest BCUT2D eigenvalue weighted by molar-refractivity contribution is -0.118. The van der Waals surface area contributed by atoms with Crippen molar-refractivity contribution in [2.24, 2.45) is 5.92 Å². The molecule has 1 amide bonds. The van der Waals surface area contributed by atoms with Gasteiger partial charge in [0.15, 0.2) is 0 Å². The fourth-order valence-corrected chi connectivity index (χ4v) is 3.00. The third kappa shape index (κ3) is 4.75. The molecule has 0 unspecified atom stereocenters. The van der Waals surface area contributed by atoms with Crippen molar-refractivity contribution >= 4 is 28.7 Å². The van der Waals surface area contributed by atoms with Crippen LogP contribution in [0, 0.1) is 5.92 Å². The zero-order chi connectivity index (χ0) is 17.6. The van der Waals surface area contributed by atoms with Gasteiger partial charge in [0.2, 0.25) is 5.91 Å². The van der Waals surface area contributed by atoms with Gasteiger partial charge in [0.1, 0.15) is 0 Å². The summed E-state index contributed by atoms with van der Waals surface area (Å²) in [6, 6.07) is 16.4. The van der Waals surface area contributed by atoms with Gasteiger partial charge in [0.05, 0.1) is 0 Å². The molecule has 4 heteroatoms. The van der Waals surface area contributed by atoms with Gasteiger partial charge in [0, 0.05) is 41.8 Å². The highest BCUT2D eigenvalue weighted by atomic mass is 16.1. The molecule has 0 spiro atoms. The predicted octanol–water partition coefficient (Wildman–Crippen LogP) is 5.02. The Morgan fingerprint density at radius 2 is 1.36 bits per heavy atom. The molecule has 0 saturated carbocycles. The van der Waals surface area contributed by atoms with Gasteiger partial charge in [0.25, 0.3) is 0 Å². The standard InChI is InChI=1S/C21H27N3O/c1-16(2)21(25)23-19-8-6-17(7-9-19)22-18-10-12-20(13-11-18)24-14-4-3-5-15-24/h6-13,16,22H,3-5,14-15H2,1-2H3,(H,23,25). The molecule has 3 rings (SSSR count). The van der Waals surface area contributed by atoms with E-state index >= 15 is 0 Å². The van der Waals surface area contributed by atoms with E-state index in [9.17, 15) is 4.79 Å². The highest BCUT2D eigenvalue weighted by Gasteiger charge is 2.10. The summed E-state index contributed by atoms with van der Waals surface area (Å²) < 4.78 is 0. The third-order valence-electron chi connectivity index (χ3n) is 4.55. The molecule has 1 aliphatic rings. The van der Waals surface area contributed by atoms with Crippen LogP contribution in [-0.4, -0.2) is 19.0 Å². The number of amides is 1. The average molecular weight is 337 g/mol. The molecule has 25 heavy (non-hydrogen) atoms. The van der Waals surface area contributed by atoms with E-state index in [-0.39, 0.29) is 11.8 Å². The lowest BCUT2D eigenvalue weighted by Gasteiger charge is -2.28. The third-order valence-corrected chi connectivity index (χ3v) is 4.55. The summed E-state index contributed by atoms with van der Waals surface area (Å²) in [6.45, 7) is 6.10. The number of nitrogens with one attached hydrogen (secondary N) is 2. The van der Waals surface area contributed by atoms with Crippen LogP contribution < -0.4 is 15.5 Å². The maximum absolute atomic E-state index is 11.7. The molecule has 132 valence electrons. The summed E-state index contributed by atoms with van der Waals surface area (Å²) in [5.41, 5.74) is 4.20. The van der Waals surface area contributed by atoms with Crippen LogP contribution in [0.3, 0.4) is 0 Å². The molecule has 1 fully saturated rings. The maximum Gasteiger partial charge on any atom is 0.226 e. The minimum atomic E-state index is -0.0174. The SMILES string of the molecule is CC(C)C(=O)Nc1ccc(Nc2ccc(N3CCCCC3)cc2)cc1. The molecule has 0 aliphatic carbocycles. The Balaban J connectivity index is 1.59. The summed E-state index contributed by atoms with van der Waals surface area (Å²) in [7, 11) is 0. The number of rotatable bonds is 5. The number of carbonyl (C=O) groups excluding carboxylic acids is 1. The van der Waals surface area contributed by atoms with Crippen LogP contribution in [0.5, 0.6) is 0 Å². The Hall–Kier alpha value is -2.49. The maximum atomic E-state index is 11.7. The first-order valence-electron chi connectivity index (χ1n) is 9.15. The Labute approximate surface area is 150 Å². The van der Waals surface area contributed by atoms with Crippen LogP contribution in [0.25, 0.3) is 0 Å². The number of benzene rings is 2. The summed E-state index contributed by atoms with van der Waals surface area (Å²) in [5, 5.41) is 6.31. The van der Waals surface area contributed by atoms with Gasteiger partial charge in [-0.1, -0.05) is 13.8 Å². The highest BCUT2D eigenvalue weighted by Crippen LogP contribution is 2.24. The van der Waals surface area contributed by atoms with E-state index in [1.165, 1.54) is 24.9 Å². The van der Waals surface area contributed by atoms with Crippen molar-refractivity contribution in [3.05, 3.63) is 48.5 Å². The molecule has 2 aromatic rings. The van der Waals surface area contributed by atoms with E-state index in [0.29, 0.717) is 0 Å². The van der Waals surface area contributed by atoms with Crippen LogP contribution in [0.4, 0.5) is 22.7 Å². The predicted molar refractivity (Wildman–Crippen MR) is 106 cm³/mol. The molecule has 4 nitrogen and oxygen atoms in total. The van der Waals surface area contributed by atoms with Crippen LogP contribution in [0.1, 0.15) is 33.1 Å². The second kappa shape index (κ2) is 8.06. The van der Waals surface area contributed by atoms with E-state index < -0.39 is 0 Å². The molecule has 0 radical (unpaired) electrons. The van der Waals surface area contributed by atoms with Crippen molar-refractivity contribution in [3.8, 4) is 0 Å². The lowest BCUT2D eigenvalue weighted by atomic mass is 10.1. The summed E-state index contributed by atoms with van der Waals surface area (Å²) in [5.74, 6) is 0.0187. The first-order valence-corrected chi connectivity index (χ1v) is 9.15. The van der Waals surface area contributed by atoms with Gasteiger partial charge in [-0.25, -0.2) is 0 Å². The number of carbonyl (C=O) groups is 1. The first-order chi connectivity index (χ1) is 12.1. The molecule has 1 heterocycles. The van der Waals surface area contributed by atoms with E-state index in [1.807, 2.05) is 38.1 Å². The number of anilines is 4. The fraction of sp³-hybridized carbons (Fsp3) is 0.381. The van der Waals surface area contributed by atoms with Gasteiger partial charge in [-0.15, -0.1) is 0 Å². The lowest BCUT2D eigenvalue weighted by Crippen LogP contribution is -2.29. The van der Waals surface area contributed by atoms with Gasteiger partial charge < -0.3 is 15.5 Å². The van der Waals surface area contributed by atoms with Gasteiger partial charge in [-0.2, -0.15) is 0 Å². The topological polar surface area (TPSA) is 44.4 Å². The molecule has 0 atom stereocenters. The van der Waals surface area contributed by atoms with Crippen molar-refractivity contribution in [1.29, 1.82) is 0 Å². The minimum Gasteiger partial charge on any atom is -0.372 e. The van der Waals surface area contributed by atoms with Crippen molar-refractivity contribution in [1.82, 2.24) is 0 Å². The van der Waals surface area contributed by atoms with Crippen LogP contribution >= 0.6 is 0 Å². The number of piperidine rings is 1. The quantitative estimate of drug-likeness (QED) is 0.805. The van der Waals surface area contributed by atoms with Crippen LogP contribution in [0.15, 0.2) is 48.5 Å². The van der Waals surface area contributed by atoms with Crippen molar-refractivity contribution in [2.45, 2.75) is 33.1 Å². The summed E-state index contributed by atoms with van der Waals surface area (Å²) >= 11 is 0. The average Bonchev–Trinajstić information content (AvgIpc) is 2.64. The number of hydrogen-bond donors (Lipinski definition) is 2. The second-order valence-electron chi connectivity index (χ2n) is 6.94.